The zero-order valence-corrected chi connectivity index (χ0v) is 39.4. The van der Waals surface area contributed by atoms with Crippen molar-refractivity contribution in [2.45, 2.75) is 61.2 Å². The molecule has 0 radical (unpaired) electrons. The highest BCUT2D eigenvalue weighted by molar-refractivity contribution is 9.10. The summed E-state index contributed by atoms with van der Waals surface area (Å²) in [5.41, 5.74) is 1.47. The number of benzene rings is 4. The van der Waals surface area contributed by atoms with Crippen LogP contribution in [0.4, 0.5) is 8.78 Å². The lowest BCUT2D eigenvalue weighted by atomic mass is 9.86. The molecule has 8 rings (SSSR count). The van der Waals surface area contributed by atoms with Crippen molar-refractivity contribution in [1.29, 1.82) is 0 Å². The van der Waals surface area contributed by atoms with Crippen LogP contribution < -0.4 is 0 Å². The second kappa shape index (κ2) is 16.8. The summed E-state index contributed by atoms with van der Waals surface area (Å²) in [6, 6.07) is 14.0. The van der Waals surface area contributed by atoms with Gasteiger partial charge >= 0.3 is 0 Å². The maximum atomic E-state index is 14.7. The molecule has 326 valence electrons. The van der Waals surface area contributed by atoms with E-state index in [1.165, 1.54) is 69.5 Å². The highest BCUT2D eigenvalue weighted by atomic mass is 79.9. The molecule has 2 aliphatic rings. The minimum atomic E-state index is -4.29. The zero-order chi connectivity index (χ0) is 44.6. The third-order valence-corrected chi connectivity index (χ3v) is 17.5. The number of aliphatic hydroxyl groups excluding tert-OH is 1. The summed E-state index contributed by atoms with van der Waals surface area (Å²) >= 11 is 20.3. The van der Waals surface area contributed by atoms with E-state index in [-0.39, 0.29) is 101 Å². The number of nitrogens with one attached hydrogen (secondary N) is 2. The SMILES string of the molecule is CC1CC(O)CCN1S(=O)(=O)c1cc(-c2ncc(-c3ccc(Br)c(F)c3)[nH]2)c(-c2cc(Cl)c(S(=O)(=O)N3CC(C(C)(C)O)C3)cc2-c2ncc(-c3ccc(Br)c(F)c3)[nH]2)cc1Cl. The fourth-order valence-electron chi connectivity index (χ4n) is 7.71. The number of nitrogens with zero attached hydrogens (tertiary/aromatic N) is 4. The fraction of sp³-hybridized carbons (Fsp3) is 0.286. The lowest BCUT2D eigenvalue weighted by molar-refractivity contribution is -0.0339. The molecule has 4 heterocycles. The first kappa shape index (κ1) is 45.0. The van der Waals surface area contributed by atoms with Gasteiger partial charge in [0, 0.05) is 53.8 Å². The third-order valence-electron chi connectivity index (χ3n) is 11.4. The van der Waals surface area contributed by atoms with E-state index in [4.69, 9.17) is 23.2 Å². The van der Waals surface area contributed by atoms with Gasteiger partial charge in [-0.1, -0.05) is 35.3 Å². The number of sulfonamides is 2. The number of piperidine rings is 1. The fourth-order valence-corrected chi connectivity index (χ4v) is 12.4. The lowest BCUT2D eigenvalue weighted by Gasteiger charge is -2.44. The molecule has 20 heteroatoms. The standard InChI is InChI=1S/C42H38Br2Cl2F2N6O6S2/c1-21-10-25(55)8-9-54(21)62(59,60)39-16-29(41-50-18-37(52-41)23-5-7-31(44)35(48)12-23)27(14-33(39)46)26-13-32(45)38(61(57,58)53-19-24(20-53)42(2,3)56)15-28(26)40-49-17-36(51-40)22-4-6-30(43)34(47)11-22/h4-7,11-18,21,24-25,55-56H,8-10,19-20H2,1-3H3,(H,49,51)(H,50,52). The summed E-state index contributed by atoms with van der Waals surface area (Å²) in [6.45, 7) is 5.07. The Hall–Kier alpha value is -3.56. The molecule has 0 bridgehead atoms. The van der Waals surface area contributed by atoms with Crippen LogP contribution >= 0.6 is 55.1 Å². The Morgan fingerprint density at radius 3 is 1.66 bits per heavy atom. The molecular formula is C42H38Br2Cl2F2N6O6S2. The van der Waals surface area contributed by atoms with Gasteiger partial charge in [0.05, 0.1) is 54.5 Å². The van der Waals surface area contributed by atoms with Gasteiger partial charge in [0.15, 0.2) is 0 Å². The molecule has 2 unspecified atom stereocenters. The quantitative estimate of drug-likeness (QED) is 0.105. The molecule has 0 spiro atoms. The van der Waals surface area contributed by atoms with Crippen LogP contribution in [-0.4, -0.2) is 93.0 Å². The number of rotatable bonds is 10. The molecule has 2 saturated heterocycles. The summed E-state index contributed by atoms with van der Waals surface area (Å²) in [4.78, 5) is 15.1. The normalized spacial score (nSPS) is 18.3. The maximum Gasteiger partial charge on any atom is 0.244 e. The molecule has 2 aliphatic heterocycles. The van der Waals surface area contributed by atoms with Gasteiger partial charge < -0.3 is 20.2 Å². The van der Waals surface area contributed by atoms with Crippen molar-refractivity contribution < 1.29 is 35.8 Å². The van der Waals surface area contributed by atoms with Crippen molar-refractivity contribution in [3.05, 3.63) is 104 Å². The molecule has 4 aromatic carbocycles. The predicted octanol–water partition coefficient (Wildman–Crippen LogP) is 9.50. The van der Waals surface area contributed by atoms with Crippen LogP contribution in [0, 0.1) is 17.6 Å². The van der Waals surface area contributed by atoms with E-state index in [1.807, 2.05) is 0 Å². The number of hydrogen-bond donors (Lipinski definition) is 4. The van der Waals surface area contributed by atoms with E-state index in [9.17, 15) is 35.8 Å². The molecule has 4 N–H and O–H groups in total. The average Bonchev–Trinajstić information content (AvgIpc) is 3.87. The Labute approximate surface area is 383 Å². The Balaban J connectivity index is 1.35. The van der Waals surface area contributed by atoms with Crippen LogP contribution in [0.15, 0.2) is 91.8 Å². The Kier molecular flexibility index (Phi) is 12.2. The number of aromatic nitrogens is 4. The minimum Gasteiger partial charge on any atom is -0.393 e. The van der Waals surface area contributed by atoms with Crippen LogP contribution in [0.1, 0.15) is 33.6 Å². The molecule has 0 saturated carbocycles. The van der Waals surface area contributed by atoms with Gasteiger partial charge in [-0.15, -0.1) is 0 Å². The maximum absolute atomic E-state index is 14.7. The predicted molar refractivity (Wildman–Crippen MR) is 240 cm³/mol. The highest BCUT2D eigenvalue weighted by Gasteiger charge is 2.44. The van der Waals surface area contributed by atoms with E-state index in [0.717, 1.165) is 0 Å². The number of aromatic amines is 2. The van der Waals surface area contributed by atoms with Crippen molar-refractivity contribution in [2.75, 3.05) is 19.6 Å². The number of imidazole rings is 2. The number of hydrogen-bond acceptors (Lipinski definition) is 8. The summed E-state index contributed by atoms with van der Waals surface area (Å²) < 4.78 is 89.8. The van der Waals surface area contributed by atoms with Crippen LogP contribution in [0.3, 0.4) is 0 Å². The molecule has 62 heavy (non-hydrogen) atoms. The van der Waals surface area contributed by atoms with Crippen LogP contribution in [0.2, 0.25) is 10.0 Å². The van der Waals surface area contributed by atoms with Gasteiger partial charge in [-0.25, -0.2) is 35.6 Å². The molecule has 2 fully saturated rings. The van der Waals surface area contributed by atoms with Crippen molar-refractivity contribution in [2.24, 2.45) is 5.92 Å². The Morgan fingerprint density at radius 1 is 0.758 bits per heavy atom. The van der Waals surface area contributed by atoms with Crippen molar-refractivity contribution >= 4 is 75.1 Å². The molecule has 0 aliphatic carbocycles. The van der Waals surface area contributed by atoms with Crippen LogP contribution in [-0.2, 0) is 20.0 Å². The van der Waals surface area contributed by atoms with Gasteiger partial charge in [-0.2, -0.15) is 8.61 Å². The van der Waals surface area contributed by atoms with E-state index in [1.54, 1.807) is 32.9 Å². The second-order valence-corrected chi connectivity index (χ2v) is 22.3. The molecule has 0 amide bonds. The van der Waals surface area contributed by atoms with Gasteiger partial charge in [-0.05, 0) is 125 Å². The Morgan fingerprint density at radius 2 is 1.23 bits per heavy atom. The van der Waals surface area contributed by atoms with Gasteiger partial charge in [0.2, 0.25) is 20.0 Å². The first-order valence-corrected chi connectivity index (χ1v) is 24.5. The van der Waals surface area contributed by atoms with E-state index < -0.39 is 49.4 Å². The van der Waals surface area contributed by atoms with Crippen LogP contribution in [0.5, 0.6) is 0 Å². The Bertz CT molecular complexity index is 2980. The van der Waals surface area contributed by atoms with Gasteiger partial charge in [0.1, 0.15) is 33.1 Å². The summed E-state index contributed by atoms with van der Waals surface area (Å²) in [5, 5.41) is 20.5. The molecule has 6 aromatic rings. The first-order valence-electron chi connectivity index (χ1n) is 19.2. The largest absolute Gasteiger partial charge is 0.393 e. The second-order valence-electron chi connectivity index (χ2n) is 16.0. The minimum absolute atomic E-state index is 0.0461. The number of H-pyrrole nitrogens is 2. The monoisotopic (exact) mass is 1050 g/mol. The molecule has 2 aromatic heterocycles. The van der Waals surface area contributed by atoms with Gasteiger partial charge in [0.25, 0.3) is 0 Å². The molecular weight excluding hydrogens is 1020 g/mol. The zero-order valence-electron chi connectivity index (χ0n) is 33.1. The third kappa shape index (κ3) is 8.43. The average molecular weight is 1060 g/mol. The van der Waals surface area contributed by atoms with E-state index in [2.05, 4.69) is 51.8 Å². The summed E-state index contributed by atoms with van der Waals surface area (Å²) in [7, 11) is -8.54. The van der Waals surface area contributed by atoms with E-state index >= 15 is 0 Å². The number of halogens is 6. The lowest BCUT2D eigenvalue weighted by Crippen LogP contribution is -2.57. The van der Waals surface area contributed by atoms with Crippen molar-refractivity contribution in [3.8, 4) is 56.4 Å². The van der Waals surface area contributed by atoms with Crippen LogP contribution in [0.25, 0.3) is 56.4 Å². The summed E-state index contributed by atoms with van der Waals surface area (Å²) in [5.74, 6) is -1.07. The molecule has 2 atom stereocenters. The number of aliphatic hydroxyl groups is 2. The van der Waals surface area contributed by atoms with Crippen molar-refractivity contribution in [1.82, 2.24) is 28.5 Å². The van der Waals surface area contributed by atoms with E-state index in [0.29, 0.717) is 22.5 Å². The topological polar surface area (TPSA) is 173 Å². The van der Waals surface area contributed by atoms with Gasteiger partial charge in [-0.3, -0.25) is 0 Å². The molecule has 12 nitrogen and oxygen atoms in total. The highest BCUT2D eigenvalue weighted by Crippen LogP contribution is 2.46. The smallest absolute Gasteiger partial charge is 0.244 e. The van der Waals surface area contributed by atoms with Crippen molar-refractivity contribution in [3.63, 3.8) is 0 Å². The summed E-state index contributed by atoms with van der Waals surface area (Å²) in [6.07, 6.45) is 2.70. The first-order chi connectivity index (χ1) is 29.1.